The topological polar surface area (TPSA) is 59.8 Å². The van der Waals surface area contributed by atoms with Gasteiger partial charge < -0.3 is 9.88 Å². The van der Waals surface area contributed by atoms with Crippen LogP contribution >= 0.6 is 0 Å². The van der Waals surface area contributed by atoms with E-state index in [4.69, 9.17) is 0 Å². The summed E-state index contributed by atoms with van der Waals surface area (Å²) in [6.45, 7) is 3.46. The molecule has 2 heterocycles. The predicted molar refractivity (Wildman–Crippen MR) is 91.0 cm³/mol. The lowest BCUT2D eigenvalue weighted by atomic mass is 10.1. The molecule has 1 amide bonds. The van der Waals surface area contributed by atoms with Crippen LogP contribution in [-0.4, -0.2) is 20.4 Å². The van der Waals surface area contributed by atoms with Gasteiger partial charge in [0.25, 0.3) is 0 Å². The number of nitrogens with zero attached hydrogens (tertiary/aromatic N) is 3. The van der Waals surface area contributed by atoms with Crippen LogP contribution in [0.1, 0.15) is 11.4 Å². The Morgan fingerprint density at radius 1 is 1.23 bits per heavy atom. The highest BCUT2D eigenvalue weighted by molar-refractivity contribution is 5.90. The van der Waals surface area contributed by atoms with E-state index in [1.807, 2.05) is 0 Å². The van der Waals surface area contributed by atoms with E-state index < -0.39 is 11.7 Å². The van der Waals surface area contributed by atoms with Gasteiger partial charge in [0, 0.05) is 18.8 Å². The normalized spacial score (nSPS) is 11.5. The van der Waals surface area contributed by atoms with Crippen LogP contribution in [0.2, 0.25) is 0 Å². The largest absolute Gasteiger partial charge is 0.416 e. The van der Waals surface area contributed by atoms with Gasteiger partial charge in [-0.2, -0.15) is 13.2 Å². The third kappa shape index (κ3) is 3.44. The Kier molecular flexibility index (Phi) is 4.50. The molecule has 0 unspecified atom stereocenters. The highest BCUT2D eigenvalue weighted by atomic mass is 19.4. The summed E-state index contributed by atoms with van der Waals surface area (Å²) >= 11 is 0. The number of aryl methyl sites for hydroxylation is 1. The minimum absolute atomic E-state index is 0.0866. The van der Waals surface area contributed by atoms with Gasteiger partial charge in [0.2, 0.25) is 5.91 Å². The zero-order chi connectivity index (χ0) is 18.9. The highest BCUT2D eigenvalue weighted by Gasteiger charge is 2.30. The zero-order valence-electron chi connectivity index (χ0n) is 13.8. The molecule has 0 aliphatic carbocycles. The van der Waals surface area contributed by atoms with Gasteiger partial charge in [-0.1, -0.05) is 18.7 Å². The quantitative estimate of drug-likeness (QED) is 0.725. The molecule has 0 spiro atoms. The number of carbonyl (C=O) groups excluding carboxylic acids is 1. The van der Waals surface area contributed by atoms with Gasteiger partial charge >= 0.3 is 6.18 Å². The molecule has 0 aliphatic heterocycles. The van der Waals surface area contributed by atoms with E-state index >= 15 is 0 Å². The van der Waals surface area contributed by atoms with Crippen molar-refractivity contribution >= 4 is 16.9 Å². The summed E-state index contributed by atoms with van der Waals surface area (Å²) in [6, 6.07) is 6.58. The smallest absolute Gasteiger partial charge is 0.347 e. The molecule has 0 bridgehead atoms. The van der Waals surface area contributed by atoms with Crippen molar-refractivity contribution in [2.75, 3.05) is 0 Å². The number of aromatic nitrogens is 3. The van der Waals surface area contributed by atoms with Crippen LogP contribution in [0.5, 0.6) is 0 Å². The first-order valence-electron chi connectivity index (χ1n) is 7.69. The Labute approximate surface area is 147 Å². The monoisotopic (exact) mass is 360 g/mol. The van der Waals surface area contributed by atoms with Crippen LogP contribution < -0.4 is 5.32 Å². The third-order valence-electron chi connectivity index (χ3n) is 3.86. The second-order valence-corrected chi connectivity index (χ2v) is 5.65. The molecule has 0 saturated heterocycles. The zero-order valence-corrected chi connectivity index (χ0v) is 13.8. The van der Waals surface area contributed by atoms with Gasteiger partial charge in [0.15, 0.2) is 0 Å². The van der Waals surface area contributed by atoms with Crippen LogP contribution in [-0.2, 0) is 24.6 Å². The first-order chi connectivity index (χ1) is 12.3. The molecular weight excluding hydrogens is 345 g/mol. The van der Waals surface area contributed by atoms with Gasteiger partial charge in [0.1, 0.15) is 5.82 Å². The van der Waals surface area contributed by atoms with Crippen LogP contribution in [0.3, 0.4) is 0 Å². The van der Waals surface area contributed by atoms with Crippen molar-refractivity contribution < 1.29 is 18.0 Å². The van der Waals surface area contributed by atoms with Gasteiger partial charge in [-0.25, -0.2) is 9.97 Å². The maximum absolute atomic E-state index is 12.8. The Morgan fingerprint density at radius 2 is 1.92 bits per heavy atom. The predicted octanol–water partition coefficient (Wildman–Crippen LogP) is 3.46. The third-order valence-corrected chi connectivity index (χ3v) is 3.86. The van der Waals surface area contributed by atoms with E-state index in [1.165, 1.54) is 12.1 Å². The van der Waals surface area contributed by atoms with Gasteiger partial charge in [0.05, 0.1) is 28.8 Å². The summed E-state index contributed by atoms with van der Waals surface area (Å²) in [5, 5.41) is 2.59. The van der Waals surface area contributed by atoms with E-state index in [1.54, 1.807) is 23.9 Å². The van der Waals surface area contributed by atoms with Crippen LogP contribution in [0.15, 0.2) is 49.2 Å². The number of alkyl halides is 3. The van der Waals surface area contributed by atoms with E-state index in [0.717, 1.165) is 18.2 Å². The lowest BCUT2D eigenvalue weighted by Gasteiger charge is -2.11. The number of carbonyl (C=O) groups is 1. The average molecular weight is 360 g/mol. The van der Waals surface area contributed by atoms with Gasteiger partial charge in [-0.15, -0.1) is 0 Å². The SMILES string of the molecule is C=CC(=O)NCc1nc(-c2ccc(C(F)(F)F)cc2)c2c(ccn2C)n1. The second kappa shape index (κ2) is 6.62. The van der Waals surface area contributed by atoms with E-state index in [9.17, 15) is 18.0 Å². The Bertz CT molecular complexity index is 975. The summed E-state index contributed by atoms with van der Waals surface area (Å²) in [5.41, 5.74) is 1.64. The molecular formula is C18H15F3N4O. The number of halogens is 3. The molecule has 5 nitrogen and oxygen atoms in total. The summed E-state index contributed by atoms with van der Waals surface area (Å²) in [5.74, 6) is -0.00774. The molecule has 0 fully saturated rings. The molecule has 134 valence electrons. The van der Waals surface area contributed by atoms with Crippen molar-refractivity contribution in [3.05, 3.63) is 60.6 Å². The molecule has 0 aliphatic rings. The molecule has 26 heavy (non-hydrogen) atoms. The number of fused-ring (bicyclic) bond motifs is 1. The summed E-state index contributed by atoms with van der Waals surface area (Å²) < 4.78 is 40.2. The Morgan fingerprint density at radius 3 is 2.54 bits per heavy atom. The van der Waals surface area contributed by atoms with Crippen molar-refractivity contribution in [2.24, 2.45) is 7.05 Å². The molecule has 0 atom stereocenters. The lowest BCUT2D eigenvalue weighted by molar-refractivity contribution is -0.137. The molecule has 3 rings (SSSR count). The first kappa shape index (κ1) is 17.7. The maximum atomic E-state index is 12.8. The lowest BCUT2D eigenvalue weighted by Crippen LogP contribution is -2.21. The number of hydrogen-bond donors (Lipinski definition) is 1. The van der Waals surface area contributed by atoms with Crippen molar-refractivity contribution in [1.29, 1.82) is 0 Å². The fourth-order valence-corrected chi connectivity index (χ4v) is 2.58. The van der Waals surface area contributed by atoms with Gasteiger partial charge in [-0.05, 0) is 24.3 Å². The minimum atomic E-state index is -4.40. The Balaban J connectivity index is 2.06. The number of hydrogen-bond acceptors (Lipinski definition) is 3. The van der Waals surface area contributed by atoms with Crippen molar-refractivity contribution in [1.82, 2.24) is 19.9 Å². The summed E-state index contributed by atoms with van der Waals surface area (Å²) in [7, 11) is 1.80. The molecule has 1 N–H and O–H groups in total. The molecule has 8 heteroatoms. The highest BCUT2D eigenvalue weighted by Crippen LogP contribution is 2.32. The number of nitrogens with one attached hydrogen (secondary N) is 1. The van der Waals surface area contributed by atoms with E-state index in [2.05, 4.69) is 21.9 Å². The fraction of sp³-hybridized carbons (Fsp3) is 0.167. The second-order valence-electron chi connectivity index (χ2n) is 5.65. The van der Waals surface area contributed by atoms with Crippen molar-refractivity contribution in [2.45, 2.75) is 12.7 Å². The minimum Gasteiger partial charge on any atom is -0.347 e. The maximum Gasteiger partial charge on any atom is 0.416 e. The van der Waals surface area contributed by atoms with Crippen LogP contribution in [0.25, 0.3) is 22.3 Å². The summed E-state index contributed by atoms with van der Waals surface area (Å²) in [4.78, 5) is 20.2. The molecule has 2 aromatic heterocycles. The molecule has 0 saturated carbocycles. The van der Waals surface area contributed by atoms with E-state index in [-0.39, 0.29) is 12.5 Å². The molecule has 1 aromatic carbocycles. The number of benzene rings is 1. The first-order valence-corrected chi connectivity index (χ1v) is 7.69. The standard InChI is InChI=1S/C18H15F3N4O/c1-3-15(26)22-10-14-23-13-8-9-25(2)17(13)16(24-14)11-4-6-12(7-5-11)18(19,20)21/h3-9H,1,10H2,2H3,(H,22,26). The van der Waals surface area contributed by atoms with E-state index in [0.29, 0.717) is 28.1 Å². The molecule has 0 radical (unpaired) electrons. The van der Waals surface area contributed by atoms with Crippen molar-refractivity contribution in [3.8, 4) is 11.3 Å². The number of amides is 1. The van der Waals surface area contributed by atoms with Crippen LogP contribution in [0.4, 0.5) is 13.2 Å². The van der Waals surface area contributed by atoms with Gasteiger partial charge in [-0.3, -0.25) is 4.79 Å². The molecule has 3 aromatic rings. The Hall–Kier alpha value is -3.16. The summed E-state index contributed by atoms with van der Waals surface area (Å²) in [6.07, 6.45) is -1.47. The fourth-order valence-electron chi connectivity index (χ4n) is 2.58. The van der Waals surface area contributed by atoms with Crippen LogP contribution in [0, 0.1) is 0 Å². The number of rotatable bonds is 4. The van der Waals surface area contributed by atoms with Crippen molar-refractivity contribution in [3.63, 3.8) is 0 Å². The average Bonchev–Trinajstić information content (AvgIpc) is 2.99.